The van der Waals surface area contributed by atoms with Crippen molar-refractivity contribution >= 4 is 5.97 Å². The van der Waals surface area contributed by atoms with Gasteiger partial charge in [-0.3, -0.25) is 4.79 Å². The SMILES string of the molecule is N#CCCC(=O)OCc1ccc(F)cc1. The van der Waals surface area contributed by atoms with E-state index < -0.39 is 5.97 Å². The predicted molar refractivity (Wildman–Crippen MR) is 51.0 cm³/mol. The van der Waals surface area contributed by atoms with Gasteiger partial charge in [0.05, 0.1) is 12.5 Å². The van der Waals surface area contributed by atoms with Crippen LogP contribution in [0.4, 0.5) is 4.39 Å². The third-order valence-corrected chi connectivity index (χ3v) is 1.75. The molecule has 1 rings (SSSR count). The summed E-state index contributed by atoms with van der Waals surface area (Å²) in [6, 6.07) is 7.56. The maximum atomic E-state index is 12.5. The van der Waals surface area contributed by atoms with Crippen molar-refractivity contribution in [3.05, 3.63) is 35.6 Å². The summed E-state index contributed by atoms with van der Waals surface area (Å²) in [5.41, 5.74) is 0.724. The first kappa shape index (κ1) is 11.2. The van der Waals surface area contributed by atoms with E-state index >= 15 is 0 Å². The van der Waals surface area contributed by atoms with Gasteiger partial charge in [-0.05, 0) is 17.7 Å². The Morgan fingerprint density at radius 1 is 1.40 bits per heavy atom. The number of nitriles is 1. The predicted octanol–water partition coefficient (Wildman–Crippen LogP) is 2.17. The molecule has 0 aliphatic heterocycles. The average molecular weight is 207 g/mol. The summed E-state index contributed by atoms with van der Waals surface area (Å²) in [4.78, 5) is 11.0. The van der Waals surface area contributed by atoms with Crippen LogP contribution in [0.2, 0.25) is 0 Å². The zero-order chi connectivity index (χ0) is 11.1. The van der Waals surface area contributed by atoms with E-state index in [1.807, 2.05) is 6.07 Å². The van der Waals surface area contributed by atoms with Gasteiger partial charge in [0.1, 0.15) is 12.4 Å². The molecule has 3 nitrogen and oxygen atoms in total. The van der Waals surface area contributed by atoms with Crippen molar-refractivity contribution in [2.75, 3.05) is 0 Å². The normalized spacial score (nSPS) is 9.33. The lowest BCUT2D eigenvalue weighted by molar-refractivity contribution is -0.144. The van der Waals surface area contributed by atoms with Crippen LogP contribution in [0.15, 0.2) is 24.3 Å². The first-order chi connectivity index (χ1) is 7.22. The molecule has 0 amide bonds. The van der Waals surface area contributed by atoms with Gasteiger partial charge in [0.2, 0.25) is 0 Å². The van der Waals surface area contributed by atoms with E-state index in [4.69, 9.17) is 10.00 Å². The van der Waals surface area contributed by atoms with Crippen molar-refractivity contribution in [1.82, 2.24) is 0 Å². The molecule has 78 valence electrons. The van der Waals surface area contributed by atoms with Gasteiger partial charge in [-0.1, -0.05) is 12.1 Å². The maximum Gasteiger partial charge on any atom is 0.307 e. The molecule has 0 N–H and O–H groups in total. The number of halogens is 1. The van der Waals surface area contributed by atoms with Gasteiger partial charge in [-0.15, -0.1) is 0 Å². The molecule has 0 bridgehead atoms. The van der Waals surface area contributed by atoms with Crippen LogP contribution in [-0.4, -0.2) is 5.97 Å². The summed E-state index contributed by atoms with van der Waals surface area (Å²) < 4.78 is 17.4. The molecular formula is C11H10FNO2. The number of esters is 1. The van der Waals surface area contributed by atoms with Crippen LogP contribution < -0.4 is 0 Å². The van der Waals surface area contributed by atoms with E-state index in [-0.39, 0.29) is 25.3 Å². The molecule has 0 aliphatic rings. The molecule has 0 saturated heterocycles. The van der Waals surface area contributed by atoms with Crippen molar-refractivity contribution in [3.63, 3.8) is 0 Å². The summed E-state index contributed by atoms with van der Waals surface area (Å²) >= 11 is 0. The number of carbonyl (C=O) groups is 1. The van der Waals surface area contributed by atoms with Crippen LogP contribution in [0.5, 0.6) is 0 Å². The molecule has 0 spiro atoms. The highest BCUT2D eigenvalue weighted by molar-refractivity contribution is 5.69. The highest BCUT2D eigenvalue weighted by atomic mass is 19.1. The molecular weight excluding hydrogens is 197 g/mol. The molecule has 4 heteroatoms. The largest absolute Gasteiger partial charge is 0.461 e. The Labute approximate surface area is 87.1 Å². The lowest BCUT2D eigenvalue weighted by atomic mass is 10.2. The third kappa shape index (κ3) is 4.23. The Morgan fingerprint density at radius 2 is 2.07 bits per heavy atom. The maximum absolute atomic E-state index is 12.5. The molecule has 0 atom stereocenters. The van der Waals surface area contributed by atoms with E-state index in [1.54, 1.807) is 12.1 Å². The molecule has 1 aromatic rings. The monoisotopic (exact) mass is 207 g/mol. The van der Waals surface area contributed by atoms with Gasteiger partial charge < -0.3 is 4.74 Å². The molecule has 0 unspecified atom stereocenters. The number of hydrogen-bond acceptors (Lipinski definition) is 3. The number of nitrogens with zero attached hydrogens (tertiary/aromatic N) is 1. The zero-order valence-electron chi connectivity index (χ0n) is 8.07. The van der Waals surface area contributed by atoms with Crippen molar-refractivity contribution < 1.29 is 13.9 Å². The molecule has 0 radical (unpaired) electrons. The van der Waals surface area contributed by atoms with Gasteiger partial charge >= 0.3 is 5.97 Å². The van der Waals surface area contributed by atoms with E-state index in [0.717, 1.165) is 5.56 Å². The number of ether oxygens (including phenoxy) is 1. The first-order valence-corrected chi connectivity index (χ1v) is 4.49. The number of hydrogen-bond donors (Lipinski definition) is 0. The number of benzene rings is 1. The fourth-order valence-electron chi connectivity index (χ4n) is 0.975. The Kier molecular flexibility index (Phi) is 4.30. The lowest BCUT2D eigenvalue weighted by Gasteiger charge is -2.03. The van der Waals surface area contributed by atoms with Crippen molar-refractivity contribution in [2.24, 2.45) is 0 Å². The van der Waals surface area contributed by atoms with E-state index in [9.17, 15) is 9.18 Å². The summed E-state index contributed by atoms with van der Waals surface area (Å²) in [6.45, 7) is 0.116. The number of rotatable bonds is 4. The fourth-order valence-corrected chi connectivity index (χ4v) is 0.975. The van der Waals surface area contributed by atoms with Crippen molar-refractivity contribution in [2.45, 2.75) is 19.4 Å². The van der Waals surface area contributed by atoms with Crippen LogP contribution in [-0.2, 0) is 16.1 Å². The Hall–Kier alpha value is -1.89. The van der Waals surface area contributed by atoms with Gasteiger partial charge in [0.15, 0.2) is 0 Å². The van der Waals surface area contributed by atoms with E-state index in [1.165, 1.54) is 12.1 Å². The highest BCUT2D eigenvalue weighted by Crippen LogP contribution is 2.05. The van der Waals surface area contributed by atoms with Crippen molar-refractivity contribution in [1.29, 1.82) is 5.26 Å². The quantitative estimate of drug-likeness (QED) is 0.711. The van der Waals surface area contributed by atoms with Gasteiger partial charge in [-0.25, -0.2) is 4.39 Å². The second-order valence-corrected chi connectivity index (χ2v) is 2.95. The van der Waals surface area contributed by atoms with Gasteiger partial charge in [0, 0.05) is 6.42 Å². The number of carbonyl (C=O) groups excluding carboxylic acids is 1. The topological polar surface area (TPSA) is 50.1 Å². The molecule has 15 heavy (non-hydrogen) atoms. The van der Waals surface area contributed by atoms with Crippen LogP contribution >= 0.6 is 0 Å². The van der Waals surface area contributed by atoms with E-state index in [2.05, 4.69) is 0 Å². The minimum atomic E-state index is -0.416. The van der Waals surface area contributed by atoms with E-state index in [0.29, 0.717) is 0 Å². The van der Waals surface area contributed by atoms with Crippen LogP contribution in [0.25, 0.3) is 0 Å². The second kappa shape index (κ2) is 5.76. The Bertz CT molecular complexity index is 367. The second-order valence-electron chi connectivity index (χ2n) is 2.95. The molecule has 0 fully saturated rings. The Morgan fingerprint density at radius 3 is 2.67 bits per heavy atom. The summed E-state index contributed by atoms with van der Waals surface area (Å²) in [7, 11) is 0. The van der Waals surface area contributed by atoms with Crippen LogP contribution in [0.3, 0.4) is 0 Å². The summed E-state index contributed by atoms with van der Waals surface area (Å²) in [6.07, 6.45) is 0.250. The van der Waals surface area contributed by atoms with Crippen molar-refractivity contribution in [3.8, 4) is 6.07 Å². The molecule has 0 saturated carbocycles. The highest BCUT2D eigenvalue weighted by Gasteiger charge is 2.02. The zero-order valence-corrected chi connectivity index (χ0v) is 8.07. The van der Waals surface area contributed by atoms with Gasteiger partial charge in [0.25, 0.3) is 0 Å². The summed E-state index contributed by atoms with van der Waals surface area (Å²) in [5.74, 6) is -0.740. The molecule has 1 aromatic carbocycles. The minimum absolute atomic E-state index is 0.0949. The summed E-state index contributed by atoms with van der Waals surface area (Å²) in [5, 5.41) is 8.23. The smallest absolute Gasteiger partial charge is 0.307 e. The Balaban J connectivity index is 2.34. The molecule has 0 aromatic heterocycles. The van der Waals surface area contributed by atoms with Crippen LogP contribution in [0, 0.1) is 17.1 Å². The third-order valence-electron chi connectivity index (χ3n) is 1.75. The average Bonchev–Trinajstić information content (AvgIpc) is 2.25. The van der Waals surface area contributed by atoms with Crippen LogP contribution in [0.1, 0.15) is 18.4 Å². The first-order valence-electron chi connectivity index (χ1n) is 4.49. The standard InChI is InChI=1S/C11H10FNO2/c12-10-5-3-9(4-6-10)8-15-11(14)2-1-7-13/h3-6H,1-2,8H2. The molecule has 0 aliphatic carbocycles. The molecule has 0 heterocycles. The minimum Gasteiger partial charge on any atom is -0.461 e. The lowest BCUT2D eigenvalue weighted by Crippen LogP contribution is -2.03. The fraction of sp³-hybridized carbons (Fsp3) is 0.273. The van der Waals surface area contributed by atoms with Gasteiger partial charge in [-0.2, -0.15) is 5.26 Å².